The number of carbonyl (C=O) groups is 2. The monoisotopic (exact) mass is 387 g/mol. The molecule has 0 saturated carbocycles. The third-order valence-corrected chi connectivity index (χ3v) is 4.88. The molecule has 0 bridgehead atoms. The molecule has 1 amide bonds. The van der Waals surface area contributed by atoms with Crippen molar-refractivity contribution in [1.29, 1.82) is 0 Å². The van der Waals surface area contributed by atoms with E-state index in [4.69, 9.17) is 4.74 Å². The highest BCUT2D eigenvalue weighted by atomic mass is 79.9. The van der Waals surface area contributed by atoms with Gasteiger partial charge in [0.25, 0.3) is 0 Å². The number of nitrogens with zero attached hydrogens (tertiary/aromatic N) is 1. The van der Waals surface area contributed by atoms with Crippen molar-refractivity contribution in [3.8, 4) is 0 Å². The first-order chi connectivity index (χ1) is 11.6. The third-order valence-electron chi connectivity index (χ3n) is 4.39. The van der Waals surface area contributed by atoms with E-state index in [1.165, 1.54) is 0 Å². The van der Waals surface area contributed by atoms with Crippen molar-refractivity contribution in [3.63, 3.8) is 0 Å². The summed E-state index contributed by atoms with van der Waals surface area (Å²) in [5.74, 6) is 0. The number of carbonyl (C=O) groups excluding carboxylic acids is 2. The summed E-state index contributed by atoms with van der Waals surface area (Å²) in [6, 6.07) is 17.2. The van der Waals surface area contributed by atoms with Gasteiger partial charge in [-0.15, -0.1) is 0 Å². The Morgan fingerprint density at radius 2 is 2.00 bits per heavy atom. The quantitative estimate of drug-likeness (QED) is 0.746. The number of aldehydes is 1. The zero-order valence-corrected chi connectivity index (χ0v) is 14.7. The van der Waals surface area contributed by atoms with E-state index in [1.807, 2.05) is 54.6 Å². The number of ether oxygens (including phenoxy) is 1. The zero-order valence-electron chi connectivity index (χ0n) is 13.2. The van der Waals surface area contributed by atoms with Gasteiger partial charge in [0.15, 0.2) is 0 Å². The molecule has 124 valence electrons. The lowest BCUT2D eigenvalue weighted by molar-refractivity contribution is -0.112. The van der Waals surface area contributed by atoms with Crippen molar-refractivity contribution in [3.05, 3.63) is 70.2 Å². The van der Waals surface area contributed by atoms with Crippen LogP contribution in [0.1, 0.15) is 17.5 Å². The molecule has 0 aliphatic carbocycles. The average Bonchev–Trinajstić information content (AvgIpc) is 3.07. The summed E-state index contributed by atoms with van der Waals surface area (Å²) in [5.41, 5.74) is 1.21. The molecular weight excluding hydrogens is 370 g/mol. The first-order valence-corrected chi connectivity index (χ1v) is 8.60. The summed E-state index contributed by atoms with van der Waals surface area (Å²) < 4.78 is 6.29. The molecule has 2 aromatic rings. The Labute approximate surface area is 149 Å². The van der Waals surface area contributed by atoms with Crippen molar-refractivity contribution in [2.75, 3.05) is 13.1 Å². The number of amides is 1. The van der Waals surface area contributed by atoms with Crippen LogP contribution in [0.3, 0.4) is 0 Å². The fourth-order valence-corrected chi connectivity index (χ4v) is 3.40. The largest absolute Gasteiger partial charge is 0.445 e. The van der Waals surface area contributed by atoms with E-state index in [0.717, 1.165) is 21.9 Å². The van der Waals surface area contributed by atoms with Gasteiger partial charge in [0.05, 0.1) is 5.41 Å². The molecule has 1 fully saturated rings. The van der Waals surface area contributed by atoms with Crippen LogP contribution in [0, 0.1) is 0 Å². The maximum Gasteiger partial charge on any atom is 0.410 e. The van der Waals surface area contributed by atoms with Gasteiger partial charge < -0.3 is 14.4 Å². The molecule has 0 N–H and O–H groups in total. The van der Waals surface area contributed by atoms with E-state index >= 15 is 0 Å². The van der Waals surface area contributed by atoms with Crippen molar-refractivity contribution >= 4 is 28.3 Å². The van der Waals surface area contributed by atoms with Crippen LogP contribution in [-0.4, -0.2) is 30.4 Å². The van der Waals surface area contributed by atoms with Crippen LogP contribution >= 0.6 is 15.9 Å². The van der Waals surface area contributed by atoms with Crippen molar-refractivity contribution in [2.24, 2.45) is 0 Å². The van der Waals surface area contributed by atoms with Gasteiger partial charge in [0, 0.05) is 17.6 Å². The topological polar surface area (TPSA) is 46.6 Å². The number of hydrogen-bond donors (Lipinski definition) is 0. The second-order valence-electron chi connectivity index (χ2n) is 6.00. The van der Waals surface area contributed by atoms with E-state index in [-0.39, 0.29) is 12.7 Å². The average molecular weight is 388 g/mol. The van der Waals surface area contributed by atoms with Gasteiger partial charge in [-0.1, -0.05) is 58.4 Å². The second kappa shape index (κ2) is 7.18. The van der Waals surface area contributed by atoms with Gasteiger partial charge in [-0.2, -0.15) is 0 Å². The van der Waals surface area contributed by atoms with E-state index < -0.39 is 5.41 Å². The predicted octanol–water partition coefficient (Wildman–Crippen LogP) is 3.93. The lowest BCUT2D eigenvalue weighted by atomic mass is 9.81. The van der Waals surface area contributed by atoms with E-state index in [9.17, 15) is 9.59 Å². The Morgan fingerprint density at radius 3 is 2.71 bits per heavy atom. The highest BCUT2D eigenvalue weighted by molar-refractivity contribution is 9.10. The summed E-state index contributed by atoms with van der Waals surface area (Å²) in [7, 11) is 0. The van der Waals surface area contributed by atoms with Gasteiger partial charge >= 0.3 is 6.09 Å². The molecule has 3 rings (SSSR count). The summed E-state index contributed by atoms with van der Waals surface area (Å²) >= 11 is 3.44. The molecule has 1 heterocycles. The van der Waals surface area contributed by atoms with Gasteiger partial charge in [0.1, 0.15) is 12.9 Å². The minimum Gasteiger partial charge on any atom is -0.445 e. The van der Waals surface area contributed by atoms with Crippen molar-refractivity contribution in [1.82, 2.24) is 4.90 Å². The van der Waals surface area contributed by atoms with Gasteiger partial charge in [-0.05, 0) is 29.7 Å². The summed E-state index contributed by atoms with van der Waals surface area (Å²) in [5, 5.41) is 0. The molecular formula is C19H18BrNO3. The van der Waals surface area contributed by atoms with Gasteiger partial charge in [0.2, 0.25) is 0 Å². The van der Waals surface area contributed by atoms with Crippen LogP contribution in [-0.2, 0) is 21.6 Å². The normalized spacial score (nSPS) is 20.0. The van der Waals surface area contributed by atoms with Crippen LogP contribution < -0.4 is 0 Å². The molecule has 0 aromatic heterocycles. The standard InChI is InChI=1S/C19H18BrNO3/c20-17-8-4-7-16(11-17)19(14-22)9-10-21(13-19)18(23)24-12-15-5-2-1-3-6-15/h1-8,11,14H,9-10,12-13H2. The van der Waals surface area contributed by atoms with E-state index in [0.29, 0.717) is 19.5 Å². The third kappa shape index (κ3) is 3.51. The first-order valence-electron chi connectivity index (χ1n) is 7.81. The highest BCUT2D eigenvalue weighted by Gasteiger charge is 2.42. The molecule has 0 radical (unpaired) electrons. The van der Waals surface area contributed by atoms with Crippen LogP contribution in [0.5, 0.6) is 0 Å². The van der Waals surface area contributed by atoms with Gasteiger partial charge in [-0.3, -0.25) is 0 Å². The fraction of sp³-hybridized carbons (Fsp3) is 0.263. The summed E-state index contributed by atoms with van der Waals surface area (Å²) in [6.45, 7) is 1.10. The summed E-state index contributed by atoms with van der Waals surface area (Å²) in [6.07, 6.45) is 1.18. The van der Waals surface area contributed by atoms with Gasteiger partial charge in [-0.25, -0.2) is 4.79 Å². The Morgan fingerprint density at radius 1 is 1.21 bits per heavy atom. The molecule has 5 heteroatoms. The Bertz CT molecular complexity index is 734. The number of rotatable bonds is 4. The van der Waals surface area contributed by atoms with Crippen LogP contribution in [0.25, 0.3) is 0 Å². The molecule has 1 aliphatic heterocycles. The number of benzene rings is 2. The van der Waals surface area contributed by atoms with E-state index in [2.05, 4.69) is 15.9 Å². The Kier molecular flexibility index (Phi) is 5.00. The van der Waals surface area contributed by atoms with Crippen molar-refractivity contribution in [2.45, 2.75) is 18.4 Å². The predicted molar refractivity (Wildman–Crippen MR) is 94.7 cm³/mol. The highest BCUT2D eigenvalue weighted by Crippen LogP contribution is 2.34. The van der Waals surface area contributed by atoms with Crippen LogP contribution in [0.4, 0.5) is 4.79 Å². The number of hydrogen-bond acceptors (Lipinski definition) is 3. The minimum absolute atomic E-state index is 0.237. The molecule has 4 nitrogen and oxygen atoms in total. The number of likely N-dealkylation sites (tertiary alicyclic amines) is 1. The maximum atomic E-state index is 12.3. The lowest BCUT2D eigenvalue weighted by Gasteiger charge is -2.23. The fourth-order valence-electron chi connectivity index (χ4n) is 3.00. The van der Waals surface area contributed by atoms with Crippen LogP contribution in [0.15, 0.2) is 59.1 Å². The molecule has 1 unspecified atom stereocenters. The van der Waals surface area contributed by atoms with E-state index in [1.54, 1.807) is 4.90 Å². The zero-order chi connectivity index (χ0) is 17.0. The second-order valence-corrected chi connectivity index (χ2v) is 6.91. The maximum absolute atomic E-state index is 12.3. The molecule has 1 saturated heterocycles. The Hall–Kier alpha value is -2.14. The van der Waals surface area contributed by atoms with Crippen molar-refractivity contribution < 1.29 is 14.3 Å². The number of halogens is 1. The molecule has 0 spiro atoms. The molecule has 1 aliphatic rings. The smallest absolute Gasteiger partial charge is 0.410 e. The Balaban J connectivity index is 1.67. The minimum atomic E-state index is -0.657. The SMILES string of the molecule is O=CC1(c2cccc(Br)c2)CCN(C(=O)OCc2ccccc2)C1. The first kappa shape index (κ1) is 16.7. The molecule has 2 aromatic carbocycles. The molecule has 24 heavy (non-hydrogen) atoms. The van der Waals surface area contributed by atoms with Crippen LogP contribution in [0.2, 0.25) is 0 Å². The summed E-state index contributed by atoms with van der Waals surface area (Å²) in [4.78, 5) is 25.7. The lowest BCUT2D eigenvalue weighted by Crippen LogP contribution is -2.35. The molecule has 1 atom stereocenters.